The van der Waals surface area contributed by atoms with Crippen molar-refractivity contribution in [3.63, 3.8) is 0 Å². The zero-order valence-corrected chi connectivity index (χ0v) is 19.4. The number of unbranched alkanes of at least 4 members (excludes halogenated alkanes) is 3. The Morgan fingerprint density at radius 2 is 1.75 bits per heavy atom. The van der Waals surface area contributed by atoms with Crippen molar-refractivity contribution in [1.82, 2.24) is 15.1 Å². The summed E-state index contributed by atoms with van der Waals surface area (Å²) in [6.07, 6.45) is 7.87. The summed E-state index contributed by atoms with van der Waals surface area (Å²) < 4.78 is 0. The van der Waals surface area contributed by atoms with Gasteiger partial charge in [-0.1, -0.05) is 50.1 Å². The van der Waals surface area contributed by atoms with Gasteiger partial charge in [0.05, 0.1) is 6.42 Å². The minimum atomic E-state index is -0.828. The van der Waals surface area contributed by atoms with E-state index in [9.17, 15) is 14.4 Å². The molecular formula is C25H38N4O3. The molecule has 0 bridgehead atoms. The molecule has 7 heteroatoms. The van der Waals surface area contributed by atoms with Crippen LogP contribution in [0.3, 0.4) is 0 Å². The van der Waals surface area contributed by atoms with Gasteiger partial charge >= 0.3 is 0 Å². The van der Waals surface area contributed by atoms with Gasteiger partial charge in [-0.2, -0.15) is 0 Å². The first-order valence-electron chi connectivity index (χ1n) is 12.1. The lowest BCUT2D eigenvalue weighted by Gasteiger charge is -2.51. The highest BCUT2D eigenvalue weighted by Gasteiger charge is 2.53. The molecule has 2 saturated heterocycles. The number of nitrogens with one attached hydrogen (secondary N) is 1. The zero-order valence-electron chi connectivity index (χ0n) is 19.4. The Hall–Kier alpha value is -2.41. The van der Waals surface area contributed by atoms with Crippen molar-refractivity contribution in [1.29, 1.82) is 0 Å². The number of rotatable bonds is 11. The van der Waals surface area contributed by atoms with Crippen molar-refractivity contribution in [2.24, 2.45) is 5.73 Å². The molecule has 2 fully saturated rings. The van der Waals surface area contributed by atoms with E-state index in [1.165, 1.54) is 24.8 Å². The van der Waals surface area contributed by atoms with Crippen LogP contribution >= 0.6 is 0 Å². The molecule has 1 aromatic rings. The number of piperidine rings is 1. The maximum Gasteiger partial charge on any atom is 0.246 e. The molecule has 176 valence electrons. The summed E-state index contributed by atoms with van der Waals surface area (Å²) in [6, 6.07) is 9.79. The van der Waals surface area contributed by atoms with Crippen molar-refractivity contribution in [3.8, 4) is 0 Å². The fraction of sp³-hybridized carbons (Fsp3) is 0.640. The van der Waals surface area contributed by atoms with E-state index in [0.717, 1.165) is 38.9 Å². The van der Waals surface area contributed by atoms with E-state index in [0.29, 0.717) is 19.4 Å². The molecule has 0 radical (unpaired) electrons. The Morgan fingerprint density at radius 1 is 1.06 bits per heavy atom. The van der Waals surface area contributed by atoms with E-state index in [1.54, 1.807) is 4.90 Å². The number of carbonyl (C=O) groups is 3. The number of likely N-dealkylation sites (tertiary alicyclic amines) is 1. The fourth-order valence-electron chi connectivity index (χ4n) is 5.07. The van der Waals surface area contributed by atoms with Crippen LogP contribution < -0.4 is 11.1 Å². The molecule has 0 aromatic heterocycles. The maximum absolute atomic E-state index is 13.1. The van der Waals surface area contributed by atoms with Crippen LogP contribution in [0.2, 0.25) is 0 Å². The van der Waals surface area contributed by atoms with Gasteiger partial charge in [-0.25, -0.2) is 0 Å². The van der Waals surface area contributed by atoms with Crippen molar-refractivity contribution in [2.75, 3.05) is 26.2 Å². The first kappa shape index (κ1) is 24.2. The Bertz CT molecular complexity index is 775. The Kier molecular flexibility index (Phi) is 8.67. The topological polar surface area (TPSA) is 95.7 Å². The lowest BCUT2D eigenvalue weighted by atomic mass is 9.81. The van der Waals surface area contributed by atoms with Crippen LogP contribution in [0.5, 0.6) is 0 Å². The third-order valence-electron chi connectivity index (χ3n) is 6.88. The molecule has 2 heterocycles. The highest BCUT2D eigenvalue weighted by atomic mass is 16.2. The molecule has 1 spiro atoms. The molecule has 7 nitrogen and oxygen atoms in total. The largest absolute Gasteiger partial charge is 0.370 e. The van der Waals surface area contributed by atoms with E-state index in [1.807, 2.05) is 6.92 Å². The standard InChI is InChI=1S/C25H38N4O3/c1-2-15-29-23(31)21(19-22(26)30)27-24(32)25(29)13-17-28(18-14-25)16-9-4-3-6-10-20-11-7-5-8-12-20/h5,7-8,11-12,21H,2-4,6,9-10,13-19H2,1H3,(H2,26,30)(H,27,32)/t21-/m0/s1. The first-order valence-corrected chi connectivity index (χ1v) is 12.1. The molecule has 1 aromatic carbocycles. The summed E-state index contributed by atoms with van der Waals surface area (Å²) in [5, 5.41) is 2.79. The molecule has 0 aliphatic carbocycles. The van der Waals surface area contributed by atoms with Gasteiger partial charge in [0.2, 0.25) is 17.7 Å². The van der Waals surface area contributed by atoms with Gasteiger partial charge in [0, 0.05) is 19.6 Å². The van der Waals surface area contributed by atoms with Gasteiger partial charge in [0.1, 0.15) is 11.6 Å². The number of amides is 3. The molecular weight excluding hydrogens is 404 g/mol. The number of nitrogens with zero attached hydrogens (tertiary/aromatic N) is 2. The zero-order chi connectivity index (χ0) is 23.0. The van der Waals surface area contributed by atoms with E-state index in [2.05, 4.69) is 40.5 Å². The number of carbonyl (C=O) groups excluding carboxylic acids is 3. The number of benzene rings is 1. The maximum atomic E-state index is 13.1. The van der Waals surface area contributed by atoms with Crippen LogP contribution in [0.1, 0.15) is 63.9 Å². The van der Waals surface area contributed by atoms with Crippen molar-refractivity contribution in [3.05, 3.63) is 35.9 Å². The summed E-state index contributed by atoms with van der Waals surface area (Å²) in [6.45, 7) is 5.19. The first-order chi connectivity index (χ1) is 15.5. The average molecular weight is 443 g/mol. The summed E-state index contributed by atoms with van der Waals surface area (Å²) >= 11 is 0. The third-order valence-corrected chi connectivity index (χ3v) is 6.88. The monoisotopic (exact) mass is 442 g/mol. The second-order valence-corrected chi connectivity index (χ2v) is 9.21. The molecule has 2 aliphatic heterocycles. The Labute approximate surface area is 191 Å². The highest BCUT2D eigenvalue weighted by molar-refractivity contribution is 6.01. The van der Waals surface area contributed by atoms with Gasteiger partial charge in [-0.3, -0.25) is 14.4 Å². The van der Waals surface area contributed by atoms with Crippen molar-refractivity contribution in [2.45, 2.75) is 76.3 Å². The van der Waals surface area contributed by atoms with Crippen molar-refractivity contribution >= 4 is 17.7 Å². The van der Waals surface area contributed by atoms with E-state index in [-0.39, 0.29) is 18.2 Å². The smallest absolute Gasteiger partial charge is 0.246 e. The molecule has 3 N–H and O–H groups in total. The van der Waals surface area contributed by atoms with E-state index < -0.39 is 17.5 Å². The summed E-state index contributed by atoms with van der Waals surface area (Å²) in [5.41, 5.74) is 5.90. The molecule has 3 rings (SSSR count). The Morgan fingerprint density at radius 3 is 2.41 bits per heavy atom. The number of hydrogen-bond donors (Lipinski definition) is 2. The number of aryl methyl sites for hydroxylation is 1. The Balaban J connectivity index is 1.44. The van der Waals surface area contributed by atoms with Crippen LogP contribution in [0, 0.1) is 0 Å². The second-order valence-electron chi connectivity index (χ2n) is 9.21. The summed E-state index contributed by atoms with van der Waals surface area (Å²) in [4.78, 5) is 41.6. The second kappa shape index (κ2) is 11.5. The summed E-state index contributed by atoms with van der Waals surface area (Å²) in [5.74, 6) is -0.871. The minimum Gasteiger partial charge on any atom is -0.370 e. The molecule has 3 amide bonds. The van der Waals surface area contributed by atoms with E-state index in [4.69, 9.17) is 5.73 Å². The van der Waals surface area contributed by atoms with Gasteiger partial charge in [-0.05, 0) is 50.6 Å². The quantitative estimate of drug-likeness (QED) is 0.514. The highest BCUT2D eigenvalue weighted by Crippen LogP contribution is 2.33. The average Bonchev–Trinajstić information content (AvgIpc) is 2.79. The molecule has 1 atom stereocenters. The molecule has 2 aliphatic rings. The lowest BCUT2D eigenvalue weighted by Crippen LogP contribution is -2.73. The predicted molar refractivity (Wildman–Crippen MR) is 125 cm³/mol. The van der Waals surface area contributed by atoms with Crippen LogP contribution in [-0.4, -0.2) is 65.3 Å². The normalized spacial score (nSPS) is 21.0. The van der Waals surface area contributed by atoms with Crippen LogP contribution in [0.4, 0.5) is 0 Å². The number of primary amides is 1. The minimum absolute atomic E-state index is 0.127. The number of piperazine rings is 1. The van der Waals surface area contributed by atoms with Crippen LogP contribution in [0.25, 0.3) is 0 Å². The molecule has 32 heavy (non-hydrogen) atoms. The lowest BCUT2D eigenvalue weighted by molar-refractivity contribution is -0.161. The van der Waals surface area contributed by atoms with Crippen molar-refractivity contribution < 1.29 is 14.4 Å². The van der Waals surface area contributed by atoms with Gasteiger partial charge in [-0.15, -0.1) is 0 Å². The van der Waals surface area contributed by atoms with Crippen LogP contribution in [0.15, 0.2) is 30.3 Å². The fourth-order valence-corrected chi connectivity index (χ4v) is 5.07. The predicted octanol–water partition coefficient (Wildman–Crippen LogP) is 2.24. The SMILES string of the molecule is CCCN1C(=O)[C@H](CC(N)=O)NC(=O)C12CCN(CCCCCCc1ccccc1)CC2. The number of hydrogen-bond acceptors (Lipinski definition) is 4. The number of nitrogens with two attached hydrogens (primary N) is 1. The third kappa shape index (κ3) is 5.88. The van der Waals surface area contributed by atoms with Gasteiger partial charge < -0.3 is 20.9 Å². The van der Waals surface area contributed by atoms with Crippen LogP contribution in [-0.2, 0) is 20.8 Å². The van der Waals surface area contributed by atoms with Gasteiger partial charge in [0.25, 0.3) is 0 Å². The molecule has 0 unspecified atom stereocenters. The molecule has 0 saturated carbocycles. The van der Waals surface area contributed by atoms with Gasteiger partial charge in [0.15, 0.2) is 0 Å². The summed E-state index contributed by atoms with van der Waals surface area (Å²) in [7, 11) is 0. The van der Waals surface area contributed by atoms with E-state index >= 15 is 0 Å².